The Balaban J connectivity index is 2.06. The van der Waals surface area contributed by atoms with Gasteiger partial charge in [0.15, 0.2) is 0 Å². The summed E-state index contributed by atoms with van der Waals surface area (Å²) in [6.45, 7) is 7.28. The van der Waals surface area contributed by atoms with Gasteiger partial charge in [-0.25, -0.2) is 8.42 Å². The molecule has 1 N–H and O–H groups in total. The van der Waals surface area contributed by atoms with Crippen molar-refractivity contribution in [1.29, 1.82) is 0 Å². The highest BCUT2D eigenvalue weighted by Crippen LogP contribution is 2.23. The smallest absolute Gasteiger partial charge is 0.243 e. The van der Waals surface area contributed by atoms with Gasteiger partial charge in [-0.3, -0.25) is 9.10 Å². The van der Waals surface area contributed by atoms with E-state index in [1.807, 2.05) is 26.0 Å². The molecule has 0 unspecified atom stereocenters. The van der Waals surface area contributed by atoms with Crippen LogP contribution in [0.2, 0.25) is 0 Å². The lowest BCUT2D eigenvalue weighted by Gasteiger charge is -2.31. The number of piperidine rings is 1. The van der Waals surface area contributed by atoms with Crippen molar-refractivity contribution in [2.24, 2.45) is 0 Å². The van der Waals surface area contributed by atoms with Crippen LogP contribution in [0, 0.1) is 6.92 Å². The third kappa shape index (κ3) is 5.71. The number of carbonyl (C=O) groups is 1. The number of anilines is 1. The molecule has 26 heavy (non-hydrogen) atoms. The van der Waals surface area contributed by atoms with Gasteiger partial charge in [0.2, 0.25) is 15.9 Å². The Hall–Kier alpha value is -1.60. The van der Waals surface area contributed by atoms with E-state index in [0.29, 0.717) is 18.7 Å². The molecule has 0 bridgehead atoms. The third-order valence-electron chi connectivity index (χ3n) is 4.79. The van der Waals surface area contributed by atoms with Crippen LogP contribution in [-0.4, -0.2) is 57.7 Å². The van der Waals surface area contributed by atoms with E-state index in [-0.39, 0.29) is 5.91 Å². The second-order valence-corrected chi connectivity index (χ2v) is 8.87. The number of hydrogen-bond donors (Lipinski definition) is 1. The first kappa shape index (κ1) is 20.7. The molecule has 1 aromatic rings. The van der Waals surface area contributed by atoms with Crippen molar-refractivity contribution in [1.82, 2.24) is 10.2 Å². The number of nitrogens with zero attached hydrogens (tertiary/aromatic N) is 2. The van der Waals surface area contributed by atoms with Gasteiger partial charge < -0.3 is 10.2 Å². The zero-order valence-electron chi connectivity index (χ0n) is 16.1. The van der Waals surface area contributed by atoms with Crippen LogP contribution in [0.5, 0.6) is 0 Å². The summed E-state index contributed by atoms with van der Waals surface area (Å²) in [5.74, 6) is -0.240. The van der Waals surface area contributed by atoms with Crippen LogP contribution < -0.4 is 9.62 Å². The molecule has 1 fully saturated rings. The van der Waals surface area contributed by atoms with Crippen LogP contribution >= 0.6 is 0 Å². The lowest BCUT2D eigenvalue weighted by molar-refractivity contribution is -0.122. The number of aryl methyl sites for hydroxylation is 1. The summed E-state index contributed by atoms with van der Waals surface area (Å²) in [6.07, 6.45) is 5.26. The summed E-state index contributed by atoms with van der Waals surface area (Å²) >= 11 is 0. The molecule has 1 aliphatic rings. The lowest BCUT2D eigenvalue weighted by Crippen LogP contribution is -2.50. The van der Waals surface area contributed by atoms with Crippen molar-refractivity contribution in [3.05, 3.63) is 29.8 Å². The number of rotatable bonds is 8. The average molecular weight is 382 g/mol. The lowest BCUT2D eigenvalue weighted by atomic mass is 10.1. The van der Waals surface area contributed by atoms with E-state index in [4.69, 9.17) is 0 Å². The Morgan fingerprint density at radius 2 is 1.81 bits per heavy atom. The van der Waals surface area contributed by atoms with Crippen molar-refractivity contribution < 1.29 is 13.2 Å². The molecule has 0 spiro atoms. The van der Waals surface area contributed by atoms with Crippen molar-refractivity contribution >= 4 is 21.6 Å². The number of amides is 1. The zero-order chi connectivity index (χ0) is 19.2. The molecule has 1 atom stereocenters. The van der Waals surface area contributed by atoms with Gasteiger partial charge in [-0.2, -0.15) is 0 Å². The molecular formula is C19H31N3O3S. The number of hydrogen-bond acceptors (Lipinski definition) is 4. The summed E-state index contributed by atoms with van der Waals surface area (Å²) in [5.41, 5.74) is 1.57. The van der Waals surface area contributed by atoms with Gasteiger partial charge in [0.05, 0.1) is 11.9 Å². The highest BCUT2D eigenvalue weighted by Gasteiger charge is 2.31. The first-order valence-electron chi connectivity index (χ1n) is 9.39. The zero-order valence-corrected chi connectivity index (χ0v) is 16.9. The van der Waals surface area contributed by atoms with Gasteiger partial charge in [0.25, 0.3) is 0 Å². The van der Waals surface area contributed by atoms with E-state index < -0.39 is 16.1 Å². The Morgan fingerprint density at radius 1 is 1.19 bits per heavy atom. The Labute approximate surface area is 157 Å². The molecule has 0 radical (unpaired) electrons. The molecule has 1 saturated heterocycles. The maximum Gasteiger partial charge on any atom is 0.243 e. The fraction of sp³-hybridized carbons (Fsp3) is 0.632. The van der Waals surface area contributed by atoms with Crippen molar-refractivity contribution in [3.63, 3.8) is 0 Å². The molecule has 146 valence electrons. The predicted octanol–water partition coefficient (Wildman–Crippen LogP) is 2.14. The van der Waals surface area contributed by atoms with Gasteiger partial charge >= 0.3 is 0 Å². The molecule has 0 aromatic heterocycles. The predicted molar refractivity (Wildman–Crippen MR) is 106 cm³/mol. The normalized spacial score (nSPS) is 16.9. The molecule has 2 rings (SSSR count). The van der Waals surface area contributed by atoms with E-state index in [2.05, 4.69) is 10.2 Å². The quantitative estimate of drug-likeness (QED) is 0.749. The molecule has 1 heterocycles. The maximum absolute atomic E-state index is 12.7. The van der Waals surface area contributed by atoms with Crippen molar-refractivity contribution in [3.8, 4) is 0 Å². The summed E-state index contributed by atoms with van der Waals surface area (Å²) in [7, 11) is -3.57. The van der Waals surface area contributed by atoms with Crippen LogP contribution in [0.1, 0.15) is 38.2 Å². The molecule has 1 aromatic carbocycles. The monoisotopic (exact) mass is 381 g/mol. The fourth-order valence-electron chi connectivity index (χ4n) is 3.39. The SMILES string of the molecule is CC[C@@H](C(=O)NCCN1CCCCC1)N(c1ccc(C)cc1)S(C)(=O)=O. The number of likely N-dealkylation sites (tertiary alicyclic amines) is 1. The first-order chi connectivity index (χ1) is 12.3. The minimum Gasteiger partial charge on any atom is -0.353 e. The van der Waals surface area contributed by atoms with Crippen LogP contribution in [0.15, 0.2) is 24.3 Å². The van der Waals surface area contributed by atoms with E-state index in [1.54, 1.807) is 12.1 Å². The molecule has 6 nitrogen and oxygen atoms in total. The number of benzene rings is 1. The number of sulfonamides is 1. The van der Waals surface area contributed by atoms with E-state index >= 15 is 0 Å². The minimum absolute atomic E-state index is 0.240. The van der Waals surface area contributed by atoms with Crippen LogP contribution in [0.3, 0.4) is 0 Å². The summed E-state index contributed by atoms with van der Waals surface area (Å²) in [6, 6.07) is 6.47. The number of carbonyl (C=O) groups excluding carboxylic acids is 1. The fourth-order valence-corrected chi connectivity index (χ4v) is 4.60. The van der Waals surface area contributed by atoms with E-state index in [0.717, 1.165) is 31.5 Å². The third-order valence-corrected chi connectivity index (χ3v) is 5.97. The molecule has 0 aliphatic carbocycles. The Morgan fingerprint density at radius 3 is 2.35 bits per heavy atom. The summed E-state index contributed by atoms with van der Waals surface area (Å²) in [4.78, 5) is 15.1. The standard InChI is InChI=1S/C19H31N3O3S/c1-4-18(19(23)20-12-15-21-13-6-5-7-14-21)22(26(3,24)25)17-10-8-16(2)9-11-17/h8-11,18H,4-7,12-15H2,1-3H3,(H,20,23)/t18-/m0/s1. The summed E-state index contributed by atoms with van der Waals surface area (Å²) < 4.78 is 26.0. The van der Waals surface area contributed by atoms with Gasteiger partial charge in [0, 0.05) is 13.1 Å². The van der Waals surface area contributed by atoms with E-state index in [1.165, 1.54) is 23.6 Å². The highest BCUT2D eigenvalue weighted by atomic mass is 32.2. The molecular weight excluding hydrogens is 350 g/mol. The average Bonchev–Trinajstić information content (AvgIpc) is 2.60. The van der Waals surface area contributed by atoms with Gasteiger partial charge in [-0.05, 0) is 51.4 Å². The summed E-state index contributed by atoms with van der Waals surface area (Å²) in [5, 5.41) is 2.93. The van der Waals surface area contributed by atoms with E-state index in [9.17, 15) is 13.2 Å². The topological polar surface area (TPSA) is 69.7 Å². The van der Waals surface area contributed by atoms with Gasteiger partial charge in [-0.1, -0.05) is 31.0 Å². The maximum atomic E-state index is 12.7. The second kappa shape index (κ2) is 9.37. The van der Waals surface area contributed by atoms with Crippen LogP contribution in [0.25, 0.3) is 0 Å². The Bertz CT molecular complexity index is 682. The molecule has 7 heteroatoms. The van der Waals surface area contributed by atoms with Crippen LogP contribution in [-0.2, 0) is 14.8 Å². The van der Waals surface area contributed by atoms with Crippen LogP contribution in [0.4, 0.5) is 5.69 Å². The minimum atomic E-state index is -3.57. The van der Waals surface area contributed by atoms with Gasteiger partial charge in [-0.15, -0.1) is 0 Å². The number of nitrogens with one attached hydrogen (secondary N) is 1. The molecule has 1 amide bonds. The highest BCUT2D eigenvalue weighted by molar-refractivity contribution is 7.92. The largest absolute Gasteiger partial charge is 0.353 e. The van der Waals surface area contributed by atoms with Crippen molar-refractivity contribution in [2.45, 2.75) is 45.6 Å². The molecule has 0 saturated carbocycles. The molecule has 1 aliphatic heterocycles. The second-order valence-electron chi connectivity index (χ2n) is 7.01. The van der Waals surface area contributed by atoms with Crippen molar-refractivity contribution in [2.75, 3.05) is 36.7 Å². The Kier molecular flexibility index (Phi) is 7.46. The van der Waals surface area contributed by atoms with Gasteiger partial charge in [0.1, 0.15) is 6.04 Å². The first-order valence-corrected chi connectivity index (χ1v) is 11.2.